The molecule has 2 atom stereocenters. The van der Waals surface area contributed by atoms with E-state index in [1.807, 2.05) is 0 Å². The van der Waals surface area contributed by atoms with Crippen molar-refractivity contribution in [2.75, 3.05) is 6.61 Å². The number of phosphoric ester groups is 1. The number of alkyl halides is 3. The van der Waals surface area contributed by atoms with Crippen LogP contribution >= 0.6 is 7.82 Å². The summed E-state index contributed by atoms with van der Waals surface area (Å²) in [5.74, 6) is -2.58. The normalized spacial score (nSPS) is 32.4. The fourth-order valence-electron chi connectivity index (χ4n) is 0.835. The maximum absolute atomic E-state index is 11.8. The highest BCUT2D eigenvalue weighted by Crippen LogP contribution is 2.54. The first-order valence-corrected chi connectivity index (χ1v) is 5.43. The lowest BCUT2D eigenvalue weighted by molar-refractivity contribution is -0.192. The van der Waals surface area contributed by atoms with E-state index in [9.17, 15) is 22.5 Å². The highest BCUT2D eigenvalue weighted by Gasteiger charge is 2.48. The van der Waals surface area contributed by atoms with Crippen molar-refractivity contribution in [2.45, 2.75) is 25.6 Å². The van der Waals surface area contributed by atoms with Crippen molar-refractivity contribution in [3.05, 3.63) is 0 Å². The second-order valence-electron chi connectivity index (χ2n) is 2.86. The molecular weight excluding hydrogens is 240 g/mol. The molecule has 9 heteroatoms. The zero-order chi connectivity index (χ0) is 11.7. The maximum Gasteiger partial charge on any atom is 0.532 e. The molecule has 0 aromatic carbocycles. The number of hydrogen-bond acceptors (Lipinski definition) is 5. The van der Waals surface area contributed by atoms with Crippen LogP contribution in [0.1, 0.15) is 13.3 Å². The molecule has 0 amide bonds. The number of halogens is 3. The topological polar surface area (TPSA) is 61.8 Å². The third-order valence-corrected chi connectivity index (χ3v) is 3.02. The Hall–Kier alpha value is -0.590. The van der Waals surface area contributed by atoms with Gasteiger partial charge in [0, 0.05) is 0 Å². The average molecular weight is 248 g/mol. The average Bonchev–Trinajstić information content (AvgIpc) is 2.00. The molecule has 0 bridgehead atoms. The molecule has 0 radical (unpaired) electrons. The number of rotatable bonds is 1. The van der Waals surface area contributed by atoms with Gasteiger partial charge in [-0.1, -0.05) is 0 Å². The minimum Gasteiger partial charge on any atom is -0.364 e. The number of carbonyl (C=O) groups excluding carboxylic acids is 1. The van der Waals surface area contributed by atoms with Gasteiger partial charge in [0.15, 0.2) is 0 Å². The van der Waals surface area contributed by atoms with Crippen molar-refractivity contribution in [3.63, 3.8) is 0 Å². The smallest absolute Gasteiger partial charge is 0.364 e. The monoisotopic (exact) mass is 248 g/mol. The van der Waals surface area contributed by atoms with Crippen LogP contribution in [-0.4, -0.2) is 24.9 Å². The molecule has 88 valence electrons. The minimum absolute atomic E-state index is 0.0798. The number of carbonyl (C=O) groups is 1. The maximum atomic E-state index is 11.8. The zero-order valence-corrected chi connectivity index (χ0v) is 8.51. The molecule has 1 fully saturated rings. The van der Waals surface area contributed by atoms with Crippen LogP contribution in [-0.2, 0) is 22.9 Å². The lowest BCUT2D eigenvalue weighted by Gasteiger charge is -2.25. The first-order valence-electron chi connectivity index (χ1n) is 3.97. The standard InChI is InChI=1S/C6H8F3O5P/c1-4-2-3-12-15(11,13-4)14-5(10)6(7,8)9/h4H,2-3H2,1H3/t4-,15+/m0/s1. The van der Waals surface area contributed by atoms with Crippen molar-refractivity contribution in [2.24, 2.45) is 0 Å². The Labute approximate surface area is 83.1 Å². The molecule has 0 N–H and O–H groups in total. The molecule has 0 unspecified atom stereocenters. The van der Waals surface area contributed by atoms with Crippen LogP contribution in [0.15, 0.2) is 0 Å². The summed E-state index contributed by atoms with van der Waals surface area (Å²) in [6, 6.07) is 0. The van der Waals surface area contributed by atoms with Crippen molar-refractivity contribution >= 4 is 13.8 Å². The Morgan fingerprint density at radius 3 is 2.60 bits per heavy atom. The molecule has 15 heavy (non-hydrogen) atoms. The summed E-state index contributed by atoms with van der Waals surface area (Å²) in [5, 5.41) is 0. The summed E-state index contributed by atoms with van der Waals surface area (Å²) >= 11 is 0. The zero-order valence-electron chi connectivity index (χ0n) is 7.61. The summed E-state index contributed by atoms with van der Waals surface area (Å²) in [6.07, 6.45) is -5.43. The molecule has 0 saturated carbocycles. The molecule has 1 aliphatic rings. The van der Waals surface area contributed by atoms with E-state index in [1.165, 1.54) is 6.92 Å². The van der Waals surface area contributed by atoms with Crippen molar-refractivity contribution in [1.29, 1.82) is 0 Å². The first kappa shape index (κ1) is 12.5. The highest BCUT2D eigenvalue weighted by molar-refractivity contribution is 7.49. The Morgan fingerprint density at radius 2 is 2.13 bits per heavy atom. The van der Waals surface area contributed by atoms with Crippen molar-refractivity contribution < 1.29 is 36.1 Å². The third-order valence-electron chi connectivity index (χ3n) is 1.51. The largest absolute Gasteiger partial charge is 0.532 e. The third kappa shape index (κ3) is 3.48. The lowest BCUT2D eigenvalue weighted by Crippen LogP contribution is -2.27. The quantitative estimate of drug-likeness (QED) is 0.664. The molecule has 0 aromatic rings. The molecule has 1 rings (SSSR count). The van der Waals surface area contributed by atoms with Gasteiger partial charge in [-0.25, -0.2) is 9.36 Å². The van der Waals surface area contributed by atoms with Crippen molar-refractivity contribution in [3.8, 4) is 0 Å². The summed E-state index contributed by atoms with van der Waals surface area (Å²) in [5.41, 5.74) is 0. The van der Waals surface area contributed by atoms with Gasteiger partial charge in [0.2, 0.25) is 0 Å². The van der Waals surface area contributed by atoms with Crippen LogP contribution in [0, 0.1) is 0 Å². The van der Waals surface area contributed by atoms with Crippen LogP contribution in [0.25, 0.3) is 0 Å². The number of hydrogen-bond donors (Lipinski definition) is 0. The molecule has 1 heterocycles. The van der Waals surface area contributed by atoms with Crippen LogP contribution in [0.4, 0.5) is 13.2 Å². The second-order valence-corrected chi connectivity index (χ2v) is 4.41. The van der Waals surface area contributed by atoms with E-state index >= 15 is 0 Å². The van der Waals surface area contributed by atoms with E-state index in [1.54, 1.807) is 0 Å². The molecule has 5 nitrogen and oxygen atoms in total. The summed E-state index contributed by atoms with van der Waals surface area (Å²) < 4.78 is 59.2. The van der Waals surface area contributed by atoms with E-state index in [4.69, 9.17) is 0 Å². The fraction of sp³-hybridized carbons (Fsp3) is 0.833. The van der Waals surface area contributed by atoms with Crippen LogP contribution < -0.4 is 0 Å². The first-order chi connectivity index (χ1) is 6.73. The predicted octanol–water partition coefficient (Wildman–Crippen LogP) is 2.03. The second kappa shape index (κ2) is 4.11. The van der Waals surface area contributed by atoms with Gasteiger partial charge in [-0.05, 0) is 13.3 Å². The van der Waals surface area contributed by atoms with Crippen molar-refractivity contribution in [1.82, 2.24) is 0 Å². The Bertz CT molecular complexity index is 302. The Morgan fingerprint density at radius 1 is 1.53 bits per heavy atom. The van der Waals surface area contributed by atoms with Gasteiger partial charge in [0.1, 0.15) is 0 Å². The minimum atomic E-state index is -5.22. The van der Waals surface area contributed by atoms with Gasteiger partial charge < -0.3 is 4.52 Å². The molecule has 0 aromatic heterocycles. The van der Waals surface area contributed by atoms with Gasteiger partial charge >= 0.3 is 20.0 Å². The van der Waals surface area contributed by atoms with Gasteiger partial charge in [-0.2, -0.15) is 13.2 Å². The Balaban J connectivity index is 2.64. The lowest BCUT2D eigenvalue weighted by atomic mass is 10.3. The fourth-order valence-corrected chi connectivity index (χ4v) is 2.17. The molecule has 1 saturated heterocycles. The van der Waals surface area contributed by atoms with Gasteiger partial charge in [0.05, 0.1) is 12.7 Å². The van der Waals surface area contributed by atoms with Gasteiger partial charge in [-0.15, -0.1) is 0 Å². The van der Waals surface area contributed by atoms with E-state index in [-0.39, 0.29) is 6.61 Å². The molecule has 0 spiro atoms. The van der Waals surface area contributed by atoms with E-state index in [0.29, 0.717) is 6.42 Å². The highest BCUT2D eigenvalue weighted by atomic mass is 31.2. The predicted molar refractivity (Wildman–Crippen MR) is 40.9 cm³/mol. The van der Waals surface area contributed by atoms with E-state index in [0.717, 1.165) is 0 Å². The van der Waals surface area contributed by atoms with Gasteiger partial charge in [-0.3, -0.25) is 9.05 Å². The van der Waals surface area contributed by atoms with E-state index < -0.39 is 26.1 Å². The summed E-state index contributed by atoms with van der Waals surface area (Å²) in [4.78, 5) is 10.4. The summed E-state index contributed by atoms with van der Waals surface area (Å²) in [7, 11) is -4.39. The van der Waals surface area contributed by atoms with Crippen LogP contribution in [0.5, 0.6) is 0 Å². The van der Waals surface area contributed by atoms with Crippen LogP contribution in [0.3, 0.4) is 0 Å². The van der Waals surface area contributed by atoms with E-state index in [2.05, 4.69) is 13.6 Å². The number of phosphoric acid groups is 1. The molecule has 1 aliphatic heterocycles. The SMILES string of the molecule is C[C@H]1CCO[P@@](=O)(OC(=O)C(F)(F)F)O1. The summed E-state index contributed by atoms with van der Waals surface area (Å²) in [6.45, 7) is 1.40. The molecule has 0 aliphatic carbocycles. The van der Waals surface area contributed by atoms with Crippen LogP contribution in [0.2, 0.25) is 0 Å². The molecular formula is C6H8F3O5P. The van der Waals surface area contributed by atoms with Gasteiger partial charge in [0.25, 0.3) is 0 Å². The Kier molecular flexibility index (Phi) is 3.42.